The van der Waals surface area contributed by atoms with Crippen LogP contribution in [0.1, 0.15) is 71.1 Å². The first-order chi connectivity index (χ1) is 18.0. The van der Waals surface area contributed by atoms with Gasteiger partial charge in [0, 0.05) is 31.7 Å². The molecule has 3 aliphatic rings. The van der Waals surface area contributed by atoms with Gasteiger partial charge < -0.3 is 10.0 Å². The average molecular weight is 494 g/mol. The van der Waals surface area contributed by atoms with Crippen LogP contribution in [-0.2, 0) is 18.5 Å². The van der Waals surface area contributed by atoms with Crippen LogP contribution in [-0.4, -0.2) is 46.0 Å². The number of amides is 1. The van der Waals surface area contributed by atoms with E-state index in [0.717, 1.165) is 80.2 Å². The molecule has 0 unspecified atom stereocenters. The van der Waals surface area contributed by atoms with E-state index in [1.54, 1.807) is 0 Å². The van der Waals surface area contributed by atoms with Crippen molar-refractivity contribution in [3.8, 4) is 6.07 Å². The van der Waals surface area contributed by atoms with E-state index in [1.807, 2.05) is 17.0 Å². The topological polar surface area (TPSA) is 67.6 Å². The van der Waals surface area contributed by atoms with Gasteiger partial charge in [0.1, 0.15) is 0 Å². The summed E-state index contributed by atoms with van der Waals surface area (Å²) in [7, 11) is 0. The van der Waals surface area contributed by atoms with Crippen molar-refractivity contribution >= 4 is 16.7 Å². The zero-order chi connectivity index (χ0) is 25.6. The average Bonchev–Trinajstić information content (AvgIpc) is 3.26. The maximum Gasteiger partial charge on any atom is 0.254 e. The van der Waals surface area contributed by atoms with Gasteiger partial charge >= 0.3 is 0 Å². The Balaban J connectivity index is 1.27. The third-order valence-electron chi connectivity index (χ3n) is 9.13. The zero-order valence-corrected chi connectivity index (χ0v) is 21.6. The van der Waals surface area contributed by atoms with Gasteiger partial charge in [-0.05, 0) is 71.7 Å². The Morgan fingerprint density at radius 3 is 2.46 bits per heavy atom. The largest absolute Gasteiger partial charge is 0.391 e. The minimum Gasteiger partial charge on any atom is -0.391 e. The number of aryl methyl sites for hydroxylation is 1. The predicted octanol–water partition coefficient (Wildman–Crippen LogP) is 5.46. The zero-order valence-electron chi connectivity index (χ0n) is 21.6. The molecule has 1 N–H and O–H groups in total. The van der Waals surface area contributed by atoms with Gasteiger partial charge in [0.25, 0.3) is 5.91 Å². The van der Waals surface area contributed by atoms with E-state index in [1.165, 1.54) is 16.5 Å². The van der Waals surface area contributed by atoms with Crippen molar-refractivity contribution in [1.82, 2.24) is 9.80 Å². The van der Waals surface area contributed by atoms with E-state index < -0.39 is 11.5 Å². The SMILES string of the molecule is Cc1ccccc1C1(C#N)CCN(Cc2cc3c(c4ccccc24)CN([C@@H]2CCCC[C@@H]2O)C3=O)CC1. The highest BCUT2D eigenvalue weighted by atomic mass is 16.3. The van der Waals surface area contributed by atoms with Crippen LogP contribution in [0.4, 0.5) is 0 Å². The lowest BCUT2D eigenvalue weighted by molar-refractivity contribution is 0.0192. The molecule has 0 aromatic heterocycles. The standard InChI is InChI=1S/C32H35N3O2/c1-22-8-2-5-11-28(22)32(21-33)14-16-34(17-15-32)19-23-18-26-27(25-10-4-3-9-24(23)25)20-35(31(26)37)29-12-6-7-13-30(29)36/h2-5,8-11,18,29-30,36H,6-7,12-17,19-20H2,1H3/t29-,30+/m1/s1. The number of benzene rings is 3. The molecule has 5 heteroatoms. The highest BCUT2D eigenvalue weighted by molar-refractivity contribution is 6.05. The van der Waals surface area contributed by atoms with Crippen molar-refractivity contribution < 1.29 is 9.90 Å². The van der Waals surface area contributed by atoms with Crippen LogP contribution in [0.5, 0.6) is 0 Å². The number of likely N-dealkylation sites (tertiary alicyclic amines) is 1. The van der Waals surface area contributed by atoms with Crippen molar-refractivity contribution in [2.45, 2.75) is 76.1 Å². The summed E-state index contributed by atoms with van der Waals surface area (Å²) in [5.41, 5.74) is 5.00. The van der Waals surface area contributed by atoms with Gasteiger partial charge in [0.05, 0.1) is 23.6 Å². The Morgan fingerprint density at radius 2 is 1.73 bits per heavy atom. The van der Waals surface area contributed by atoms with Crippen LogP contribution in [0.2, 0.25) is 0 Å². The Labute approximate surface area is 219 Å². The summed E-state index contributed by atoms with van der Waals surface area (Å²) in [6, 6.07) is 21.4. The van der Waals surface area contributed by atoms with Gasteiger partial charge in [0.15, 0.2) is 0 Å². The minimum atomic E-state index is -0.431. The number of carbonyl (C=O) groups is 1. The summed E-state index contributed by atoms with van der Waals surface area (Å²) < 4.78 is 0. The maximum atomic E-state index is 13.6. The summed E-state index contributed by atoms with van der Waals surface area (Å²) in [6.07, 6.45) is 4.94. The number of nitrogens with zero attached hydrogens (tertiary/aromatic N) is 3. The number of hydrogen-bond donors (Lipinski definition) is 1. The molecule has 5 nitrogen and oxygen atoms in total. The molecule has 2 fully saturated rings. The number of piperidine rings is 1. The van der Waals surface area contributed by atoms with Gasteiger partial charge in [-0.3, -0.25) is 9.69 Å². The molecule has 190 valence electrons. The Kier molecular flexibility index (Phi) is 6.26. The number of aliphatic hydroxyl groups excluding tert-OH is 1. The van der Waals surface area contributed by atoms with Gasteiger partial charge in [-0.1, -0.05) is 61.4 Å². The number of aliphatic hydroxyl groups is 1. The van der Waals surface area contributed by atoms with Gasteiger partial charge in [-0.15, -0.1) is 0 Å². The second-order valence-corrected chi connectivity index (χ2v) is 11.2. The fourth-order valence-corrected chi connectivity index (χ4v) is 7.01. The van der Waals surface area contributed by atoms with Crippen molar-refractivity contribution in [3.63, 3.8) is 0 Å². The summed E-state index contributed by atoms with van der Waals surface area (Å²) in [5.74, 6) is 0.0645. The number of hydrogen-bond acceptors (Lipinski definition) is 4. The first-order valence-corrected chi connectivity index (χ1v) is 13.7. The molecule has 2 heterocycles. The van der Waals surface area contributed by atoms with Crippen LogP contribution in [0, 0.1) is 18.3 Å². The fraction of sp³-hybridized carbons (Fsp3) is 0.438. The molecule has 6 rings (SSSR count). The van der Waals surface area contributed by atoms with Crippen molar-refractivity contribution in [2.75, 3.05) is 13.1 Å². The van der Waals surface area contributed by atoms with Crippen LogP contribution in [0.25, 0.3) is 10.8 Å². The molecule has 3 aromatic rings. The summed E-state index contributed by atoms with van der Waals surface area (Å²) in [5, 5.41) is 23.2. The van der Waals surface area contributed by atoms with Crippen molar-refractivity contribution in [2.24, 2.45) is 0 Å². The van der Waals surface area contributed by atoms with E-state index >= 15 is 0 Å². The summed E-state index contributed by atoms with van der Waals surface area (Å²) >= 11 is 0. The van der Waals surface area contributed by atoms with Crippen LogP contribution in [0.15, 0.2) is 54.6 Å². The molecule has 2 aliphatic heterocycles. The smallest absolute Gasteiger partial charge is 0.254 e. The number of rotatable bonds is 4. The lowest BCUT2D eigenvalue weighted by Gasteiger charge is -2.38. The number of carbonyl (C=O) groups excluding carboxylic acids is 1. The number of nitriles is 1. The first kappa shape index (κ1) is 24.2. The van der Waals surface area contributed by atoms with Crippen LogP contribution < -0.4 is 0 Å². The van der Waals surface area contributed by atoms with Gasteiger partial charge in [-0.2, -0.15) is 5.26 Å². The minimum absolute atomic E-state index is 0.0645. The normalized spacial score (nSPS) is 23.7. The molecule has 0 bridgehead atoms. The van der Waals surface area contributed by atoms with Crippen molar-refractivity contribution in [1.29, 1.82) is 5.26 Å². The quantitative estimate of drug-likeness (QED) is 0.524. The second-order valence-electron chi connectivity index (χ2n) is 11.2. The highest BCUT2D eigenvalue weighted by Crippen LogP contribution is 2.39. The van der Waals surface area contributed by atoms with Gasteiger partial charge in [0.2, 0.25) is 0 Å². The Morgan fingerprint density at radius 1 is 1.03 bits per heavy atom. The highest BCUT2D eigenvalue weighted by Gasteiger charge is 2.40. The first-order valence-electron chi connectivity index (χ1n) is 13.7. The van der Waals surface area contributed by atoms with Gasteiger partial charge in [-0.25, -0.2) is 0 Å². The van der Waals surface area contributed by atoms with E-state index in [-0.39, 0.29) is 11.9 Å². The molecule has 1 aliphatic carbocycles. The molecule has 1 amide bonds. The molecule has 1 saturated carbocycles. The van der Waals surface area contributed by atoms with E-state index in [9.17, 15) is 15.2 Å². The predicted molar refractivity (Wildman–Crippen MR) is 145 cm³/mol. The van der Waals surface area contributed by atoms with Crippen LogP contribution in [0.3, 0.4) is 0 Å². The lowest BCUT2D eigenvalue weighted by atomic mass is 9.72. The van der Waals surface area contributed by atoms with E-state index in [4.69, 9.17) is 0 Å². The summed E-state index contributed by atoms with van der Waals surface area (Å²) in [4.78, 5) is 18.0. The third-order valence-corrected chi connectivity index (χ3v) is 9.13. The van der Waals surface area contributed by atoms with E-state index in [2.05, 4.69) is 60.4 Å². The molecule has 1 saturated heterocycles. The molecular formula is C32H35N3O2. The fourth-order valence-electron chi connectivity index (χ4n) is 7.01. The molecule has 3 aromatic carbocycles. The molecule has 0 radical (unpaired) electrons. The van der Waals surface area contributed by atoms with Crippen molar-refractivity contribution in [3.05, 3.63) is 82.4 Å². The molecule has 0 spiro atoms. The number of fused-ring (bicyclic) bond motifs is 3. The molecular weight excluding hydrogens is 458 g/mol. The Hall–Kier alpha value is -3.20. The molecule has 37 heavy (non-hydrogen) atoms. The maximum absolute atomic E-state index is 13.6. The lowest BCUT2D eigenvalue weighted by Crippen LogP contribution is -2.45. The second kappa shape index (κ2) is 9.59. The van der Waals surface area contributed by atoms with Crippen LogP contribution >= 0.6 is 0 Å². The monoisotopic (exact) mass is 493 g/mol. The Bertz CT molecular complexity index is 1380. The summed E-state index contributed by atoms with van der Waals surface area (Å²) in [6.45, 7) is 5.15. The molecule has 2 atom stereocenters. The van der Waals surface area contributed by atoms with E-state index in [0.29, 0.717) is 6.54 Å². The third kappa shape index (κ3) is 4.13.